The lowest BCUT2D eigenvalue weighted by molar-refractivity contribution is -0.129. The Hall–Kier alpha value is -1.55. The summed E-state index contributed by atoms with van der Waals surface area (Å²) in [6.45, 7) is 2.33. The molecule has 1 N–H and O–H groups in total. The van der Waals surface area contributed by atoms with Gasteiger partial charge in [0.1, 0.15) is 0 Å². The van der Waals surface area contributed by atoms with Crippen molar-refractivity contribution in [2.75, 3.05) is 38.6 Å². The topological polar surface area (TPSA) is 35.6 Å². The zero-order valence-corrected chi connectivity index (χ0v) is 12.5. The SMILES string of the molecule is CN(CCCNCC(=O)N(C)C1CC1)c1ccccc1. The van der Waals surface area contributed by atoms with Gasteiger partial charge in [-0.05, 0) is 37.9 Å². The highest BCUT2D eigenvalue weighted by Crippen LogP contribution is 2.25. The van der Waals surface area contributed by atoms with Crippen LogP contribution in [0.25, 0.3) is 0 Å². The van der Waals surface area contributed by atoms with Crippen molar-refractivity contribution >= 4 is 11.6 Å². The van der Waals surface area contributed by atoms with Crippen LogP contribution in [0.15, 0.2) is 30.3 Å². The summed E-state index contributed by atoms with van der Waals surface area (Å²) >= 11 is 0. The van der Waals surface area contributed by atoms with Crippen LogP contribution in [0.3, 0.4) is 0 Å². The Labute approximate surface area is 121 Å². The molecule has 1 saturated carbocycles. The van der Waals surface area contributed by atoms with E-state index in [0.29, 0.717) is 12.6 Å². The van der Waals surface area contributed by atoms with Gasteiger partial charge in [-0.3, -0.25) is 4.79 Å². The van der Waals surface area contributed by atoms with E-state index in [2.05, 4.69) is 41.5 Å². The van der Waals surface area contributed by atoms with E-state index in [1.165, 1.54) is 18.5 Å². The molecule has 0 aliphatic heterocycles. The number of amides is 1. The summed E-state index contributed by atoms with van der Waals surface area (Å²) in [6.07, 6.45) is 3.38. The lowest BCUT2D eigenvalue weighted by atomic mass is 10.3. The highest BCUT2D eigenvalue weighted by atomic mass is 16.2. The molecule has 0 atom stereocenters. The first kappa shape index (κ1) is 14.9. The molecule has 20 heavy (non-hydrogen) atoms. The Morgan fingerprint density at radius 2 is 1.95 bits per heavy atom. The summed E-state index contributed by atoms with van der Waals surface area (Å²) in [5.41, 5.74) is 1.23. The minimum atomic E-state index is 0.212. The maximum Gasteiger partial charge on any atom is 0.236 e. The molecule has 4 nitrogen and oxygen atoms in total. The van der Waals surface area contributed by atoms with E-state index in [0.717, 1.165) is 19.5 Å². The predicted octanol–water partition coefficient (Wildman–Crippen LogP) is 1.72. The van der Waals surface area contributed by atoms with Crippen LogP contribution in [0.1, 0.15) is 19.3 Å². The molecule has 4 heteroatoms. The van der Waals surface area contributed by atoms with Crippen molar-refractivity contribution in [2.24, 2.45) is 0 Å². The fraction of sp³-hybridized carbons (Fsp3) is 0.562. The number of anilines is 1. The molecule has 0 saturated heterocycles. The third kappa shape index (κ3) is 4.53. The summed E-state index contributed by atoms with van der Waals surface area (Å²) < 4.78 is 0. The number of nitrogens with zero attached hydrogens (tertiary/aromatic N) is 2. The van der Waals surface area contributed by atoms with Crippen LogP contribution >= 0.6 is 0 Å². The molecule has 0 aromatic heterocycles. The van der Waals surface area contributed by atoms with Gasteiger partial charge in [-0.1, -0.05) is 18.2 Å². The molecule has 1 amide bonds. The van der Waals surface area contributed by atoms with Crippen LogP contribution in [0.4, 0.5) is 5.69 Å². The zero-order chi connectivity index (χ0) is 14.4. The number of hydrogen-bond donors (Lipinski definition) is 1. The fourth-order valence-electron chi connectivity index (χ4n) is 2.24. The summed E-state index contributed by atoms with van der Waals surface area (Å²) in [4.78, 5) is 15.9. The second-order valence-electron chi connectivity index (χ2n) is 5.52. The van der Waals surface area contributed by atoms with Gasteiger partial charge in [-0.2, -0.15) is 0 Å². The quantitative estimate of drug-likeness (QED) is 0.734. The fourth-order valence-corrected chi connectivity index (χ4v) is 2.24. The predicted molar refractivity (Wildman–Crippen MR) is 83.0 cm³/mol. The Bertz CT molecular complexity index is 417. The van der Waals surface area contributed by atoms with Crippen molar-refractivity contribution in [1.29, 1.82) is 0 Å². The summed E-state index contributed by atoms with van der Waals surface area (Å²) in [5.74, 6) is 0.212. The van der Waals surface area contributed by atoms with Gasteiger partial charge < -0.3 is 15.1 Å². The van der Waals surface area contributed by atoms with Crippen molar-refractivity contribution in [3.63, 3.8) is 0 Å². The first-order valence-electron chi connectivity index (χ1n) is 7.41. The number of carbonyl (C=O) groups is 1. The number of para-hydroxylation sites is 1. The van der Waals surface area contributed by atoms with Crippen LogP contribution in [0.2, 0.25) is 0 Å². The van der Waals surface area contributed by atoms with E-state index in [4.69, 9.17) is 0 Å². The lowest BCUT2D eigenvalue weighted by Crippen LogP contribution is -2.37. The van der Waals surface area contributed by atoms with Crippen molar-refractivity contribution in [1.82, 2.24) is 10.2 Å². The molecule has 0 spiro atoms. The normalized spacial score (nSPS) is 14.1. The number of hydrogen-bond acceptors (Lipinski definition) is 3. The zero-order valence-electron chi connectivity index (χ0n) is 12.5. The van der Waals surface area contributed by atoms with E-state index in [1.54, 1.807) is 0 Å². The number of likely N-dealkylation sites (N-methyl/N-ethyl adjacent to an activating group) is 1. The average Bonchev–Trinajstić information content (AvgIpc) is 3.31. The monoisotopic (exact) mass is 275 g/mol. The number of benzene rings is 1. The van der Waals surface area contributed by atoms with Crippen LogP contribution in [0.5, 0.6) is 0 Å². The molecule has 1 aromatic rings. The Morgan fingerprint density at radius 3 is 2.60 bits per heavy atom. The van der Waals surface area contributed by atoms with Crippen molar-refractivity contribution in [2.45, 2.75) is 25.3 Å². The molecule has 1 aliphatic carbocycles. The summed E-state index contributed by atoms with van der Waals surface area (Å²) in [5, 5.41) is 3.24. The van der Waals surface area contributed by atoms with Crippen LogP contribution in [-0.2, 0) is 4.79 Å². The molecule has 1 aromatic carbocycles. The van der Waals surface area contributed by atoms with E-state index in [-0.39, 0.29) is 5.91 Å². The molecule has 1 fully saturated rings. The van der Waals surface area contributed by atoms with Gasteiger partial charge in [-0.15, -0.1) is 0 Å². The third-order valence-corrected chi connectivity index (χ3v) is 3.81. The minimum absolute atomic E-state index is 0.212. The molecule has 2 rings (SSSR count). The van der Waals surface area contributed by atoms with Crippen LogP contribution in [0, 0.1) is 0 Å². The van der Waals surface area contributed by atoms with Gasteiger partial charge >= 0.3 is 0 Å². The maximum atomic E-state index is 11.8. The molecule has 0 bridgehead atoms. The van der Waals surface area contributed by atoms with E-state index < -0.39 is 0 Å². The Morgan fingerprint density at radius 1 is 1.25 bits per heavy atom. The number of rotatable bonds is 8. The highest BCUT2D eigenvalue weighted by molar-refractivity contribution is 5.78. The summed E-state index contributed by atoms with van der Waals surface area (Å²) in [7, 11) is 4.01. The molecule has 1 aliphatic rings. The Balaban J connectivity index is 1.56. The number of carbonyl (C=O) groups excluding carboxylic acids is 1. The second kappa shape index (κ2) is 7.29. The third-order valence-electron chi connectivity index (χ3n) is 3.81. The van der Waals surface area contributed by atoms with Gasteiger partial charge in [0.15, 0.2) is 0 Å². The molecule has 0 heterocycles. The van der Waals surface area contributed by atoms with Gasteiger partial charge in [0.05, 0.1) is 6.54 Å². The average molecular weight is 275 g/mol. The van der Waals surface area contributed by atoms with E-state index >= 15 is 0 Å². The van der Waals surface area contributed by atoms with Crippen molar-refractivity contribution < 1.29 is 4.79 Å². The lowest BCUT2D eigenvalue weighted by Gasteiger charge is -2.20. The van der Waals surface area contributed by atoms with Gasteiger partial charge in [0, 0.05) is 32.4 Å². The molecular weight excluding hydrogens is 250 g/mol. The van der Waals surface area contributed by atoms with Crippen LogP contribution in [-0.4, -0.2) is 50.6 Å². The smallest absolute Gasteiger partial charge is 0.236 e. The first-order valence-corrected chi connectivity index (χ1v) is 7.41. The molecular formula is C16H25N3O. The maximum absolute atomic E-state index is 11.8. The number of nitrogens with one attached hydrogen (secondary N) is 1. The molecule has 0 unspecified atom stereocenters. The van der Waals surface area contributed by atoms with Crippen molar-refractivity contribution in [3.05, 3.63) is 30.3 Å². The van der Waals surface area contributed by atoms with E-state index in [9.17, 15) is 4.79 Å². The molecule has 110 valence electrons. The van der Waals surface area contributed by atoms with Gasteiger partial charge in [0.2, 0.25) is 5.91 Å². The summed E-state index contributed by atoms with van der Waals surface area (Å²) in [6, 6.07) is 10.9. The largest absolute Gasteiger partial charge is 0.375 e. The van der Waals surface area contributed by atoms with Gasteiger partial charge in [-0.25, -0.2) is 0 Å². The van der Waals surface area contributed by atoms with Crippen LogP contribution < -0.4 is 10.2 Å². The standard InChI is InChI=1S/C16H25N3O/c1-18(14-7-4-3-5-8-14)12-6-11-17-13-16(20)19(2)15-9-10-15/h3-5,7-8,15,17H,6,9-13H2,1-2H3. The minimum Gasteiger partial charge on any atom is -0.375 e. The first-order chi connectivity index (χ1) is 9.68. The van der Waals surface area contributed by atoms with E-state index in [1.807, 2.05) is 18.0 Å². The highest BCUT2D eigenvalue weighted by Gasteiger charge is 2.28. The Kier molecular flexibility index (Phi) is 5.41. The molecule has 0 radical (unpaired) electrons. The van der Waals surface area contributed by atoms with Crippen molar-refractivity contribution in [3.8, 4) is 0 Å². The van der Waals surface area contributed by atoms with Gasteiger partial charge in [0.25, 0.3) is 0 Å². The second-order valence-corrected chi connectivity index (χ2v) is 5.52.